The van der Waals surface area contributed by atoms with Crippen LogP contribution in [-0.4, -0.2) is 29.9 Å². The summed E-state index contributed by atoms with van der Waals surface area (Å²) in [6.45, 7) is 3.81. The molecule has 0 bridgehead atoms. The van der Waals surface area contributed by atoms with E-state index in [9.17, 15) is 9.59 Å². The van der Waals surface area contributed by atoms with E-state index in [-0.39, 0.29) is 24.2 Å². The number of carbonyl (C=O) groups excluding carboxylic acids is 2. The Morgan fingerprint density at radius 2 is 1.76 bits per heavy atom. The van der Waals surface area contributed by atoms with Crippen molar-refractivity contribution in [1.29, 1.82) is 0 Å². The highest BCUT2D eigenvalue weighted by Gasteiger charge is 2.07. The molecule has 1 amide bonds. The number of ketones is 1. The van der Waals surface area contributed by atoms with Crippen molar-refractivity contribution in [3.63, 3.8) is 0 Å². The molecule has 2 N–H and O–H groups in total. The summed E-state index contributed by atoms with van der Waals surface area (Å²) < 4.78 is 0. The Labute approximate surface area is 101 Å². The maximum absolute atomic E-state index is 11.7. The van der Waals surface area contributed by atoms with Crippen LogP contribution in [0.15, 0.2) is 24.3 Å². The number of aliphatic hydroxyl groups excluding tert-OH is 1. The van der Waals surface area contributed by atoms with Crippen molar-refractivity contribution in [2.75, 3.05) is 13.2 Å². The van der Waals surface area contributed by atoms with Crippen molar-refractivity contribution in [2.24, 2.45) is 5.92 Å². The number of rotatable bonds is 5. The van der Waals surface area contributed by atoms with Crippen molar-refractivity contribution in [2.45, 2.75) is 13.8 Å². The molecule has 1 unspecified atom stereocenters. The maximum atomic E-state index is 11.7. The molecule has 0 aliphatic rings. The van der Waals surface area contributed by atoms with Crippen molar-refractivity contribution in [3.8, 4) is 0 Å². The van der Waals surface area contributed by atoms with Crippen LogP contribution in [0.1, 0.15) is 34.6 Å². The Morgan fingerprint density at radius 1 is 1.24 bits per heavy atom. The first-order valence-electron chi connectivity index (χ1n) is 5.54. The minimum Gasteiger partial charge on any atom is -0.396 e. The van der Waals surface area contributed by atoms with Crippen LogP contribution >= 0.6 is 0 Å². The van der Waals surface area contributed by atoms with Gasteiger partial charge in [-0.2, -0.15) is 0 Å². The number of benzene rings is 1. The smallest absolute Gasteiger partial charge is 0.251 e. The van der Waals surface area contributed by atoms with E-state index in [0.29, 0.717) is 17.7 Å². The van der Waals surface area contributed by atoms with Gasteiger partial charge in [-0.1, -0.05) is 19.1 Å². The lowest BCUT2D eigenvalue weighted by atomic mass is 10.1. The van der Waals surface area contributed by atoms with Gasteiger partial charge in [0.15, 0.2) is 5.78 Å². The molecule has 4 nitrogen and oxygen atoms in total. The molecule has 1 aromatic rings. The summed E-state index contributed by atoms with van der Waals surface area (Å²) in [5.74, 6) is -0.179. The van der Waals surface area contributed by atoms with E-state index < -0.39 is 0 Å². The number of amides is 1. The normalized spacial score (nSPS) is 11.9. The monoisotopic (exact) mass is 235 g/mol. The SMILES string of the molecule is CC(=O)c1ccc(C(=O)NCC(C)CO)cc1. The van der Waals surface area contributed by atoms with E-state index in [1.807, 2.05) is 6.92 Å². The molecule has 1 aromatic carbocycles. The molecule has 1 atom stereocenters. The molecule has 92 valence electrons. The summed E-state index contributed by atoms with van der Waals surface area (Å²) in [5.41, 5.74) is 1.10. The van der Waals surface area contributed by atoms with Crippen LogP contribution in [0.2, 0.25) is 0 Å². The lowest BCUT2D eigenvalue weighted by molar-refractivity contribution is 0.0940. The van der Waals surface area contributed by atoms with E-state index in [1.165, 1.54) is 6.92 Å². The zero-order valence-electron chi connectivity index (χ0n) is 10.1. The summed E-state index contributed by atoms with van der Waals surface area (Å²) in [4.78, 5) is 22.7. The quantitative estimate of drug-likeness (QED) is 0.755. The molecule has 17 heavy (non-hydrogen) atoms. The predicted molar refractivity (Wildman–Crippen MR) is 65.0 cm³/mol. The number of hydrogen-bond acceptors (Lipinski definition) is 3. The van der Waals surface area contributed by atoms with Gasteiger partial charge in [-0.15, -0.1) is 0 Å². The first kappa shape index (κ1) is 13.4. The maximum Gasteiger partial charge on any atom is 0.251 e. The van der Waals surface area contributed by atoms with E-state index >= 15 is 0 Å². The molecule has 0 fully saturated rings. The minimum atomic E-state index is -0.194. The Bertz CT molecular complexity index is 398. The standard InChI is InChI=1S/C13H17NO3/c1-9(8-15)7-14-13(17)12-5-3-11(4-6-12)10(2)16/h3-6,9,15H,7-8H2,1-2H3,(H,14,17). The van der Waals surface area contributed by atoms with Crippen LogP contribution in [0.3, 0.4) is 0 Å². The minimum absolute atomic E-state index is 0.0224. The second-order valence-electron chi connectivity index (χ2n) is 4.13. The zero-order chi connectivity index (χ0) is 12.8. The predicted octanol–water partition coefficient (Wildman–Crippen LogP) is 1.25. The van der Waals surface area contributed by atoms with E-state index in [2.05, 4.69) is 5.32 Å². The molecule has 0 spiro atoms. The molecule has 1 rings (SSSR count). The van der Waals surface area contributed by atoms with Gasteiger partial charge in [-0.25, -0.2) is 0 Å². The molecule has 0 aromatic heterocycles. The highest BCUT2D eigenvalue weighted by Crippen LogP contribution is 2.05. The van der Waals surface area contributed by atoms with Gasteiger partial charge < -0.3 is 10.4 Å². The Morgan fingerprint density at radius 3 is 2.24 bits per heavy atom. The number of hydrogen-bond donors (Lipinski definition) is 2. The van der Waals surface area contributed by atoms with Crippen LogP contribution in [0.4, 0.5) is 0 Å². The van der Waals surface area contributed by atoms with Gasteiger partial charge in [0.05, 0.1) is 0 Å². The number of carbonyl (C=O) groups is 2. The van der Waals surface area contributed by atoms with Crippen molar-refractivity contribution < 1.29 is 14.7 Å². The average molecular weight is 235 g/mol. The van der Waals surface area contributed by atoms with Crippen molar-refractivity contribution in [1.82, 2.24) is 5.32 Å². The zero-order valence-corrected chi connectivity index (χ0v) is 10.1. The van der Waals surface area contributed by atoms with Gasteiger partial charge in [-0.05, 0) is 25.0 Å². The topological polar surface area (TPSA) is 66.4 Å². The summed E-state index contributed by atoms with van der Waals surface area (Å²) in [7, 11) is 0. The molecular formula is C13H17NO3. The largest absolute Gasteiger partial charge is 0.396 e. The molecule has 0 saturated carbocycles. The number of Topliss-reactive ketones (excluding diaryl/α,β-unsaturated/α-hetero) is 1. The third-order valence-corrected chi connectivity index (χ3v) is 2.48. The molecule has 0 saturated heterocycles. The summed E-state index contributed by atoms with van der Waals surface area (Å²) in [6, 6.07) is 6.50. The fourth-order valence-corrected chi connectivity index (χ4v) is 1.29. The average Bonchev–Trinajstić information content (AvgIpc) is 2.35. The van der Waals surface area contributed by atoms with Crippen LogP contribution in [0, 0.1) is 5.92 Å². The molecule has 0 heterocycles. The third-order valence-electron chi connectivity index (χ3n) is 2.48. The third kappa shape index (κ3) is 4.00. The summed E-state index contributed by atoms with van der Waals surface area (Å²) in [6.07, 6.45) is 0. The van der Waals surface area contributed by atoms with E-state index in [0.717, 1.165) is 0 Å². The van der Waals surface area contributed by atoms with Crippen molar-refractivity contribution in [3.05, 3.63) is 35.4 Å². The lowest BCUT2D eigenvalue weighted by Crippen LogP contribution is -2.29. The Kier molecular flexibility index (Phi) is 4.84. The second kappa shape index (κ2) is 6.15. The molecule has 0 aliphatic carbocycles. The van der Waals surface area contributed by atoms with E-state index in [1.54, 1.807) is 24.3 Å². The van der Waals surface area contributed by atoms with Crippen LogP contribution in [0.25, 0.3) is 0 Å². The van der Waals surface area contributed by atoms with Gasteiger partial charge in [0.1, 0.15) is 0 Å². The highest BCUT2D eigenvalue weighted by molar-refractivity contribution is 5.97. The fourth-order valence-electron chi connectivity index (χ4n) is 1.29. The fraction of sp³-hybridized carbons (Fsp3) is 0.385. The van der Waals surface area contributed by atoms with Crippen LogP contribution < -0.4 is 5.32 Å². The molecule has 0 aliphatic heterocycles. The van der Waals surface area contributed by atoms with Gasteiger partial charge in [0.25, 0.3) is 5.91 Å². The first-order chi connectivity index (χ1) is 8.04. The number of nitrogens with one attached hydrogen (secondary N) is 1. The van der Waals surface area contributed by atoms with Gasteiger partial charge in [0, 0.05) is 24.3 Å². The lowest BCUT2D eigenvalue weighted by Gasteiger charge is -2.09. The second-order valence-corrected chi connectivity index (χ2v) is 4.13. The Hall–Kier alpha value is -1.68. The van der Waals surface area contributed by atoms with Crippen LogP contribution in [-0.2, 0) is 0 Å². The molecule has 4 heteroatoms. The summed E-state index contributed by atoms with van der Waals surface area (Å²) in [5, 5.41) is 11.5. The highest BCUT2D eigenvalue weighted by atomic mass is 16.3. The molecular weight excluding hydrogens is 218 g/mol. The molecule has 0 radical (unpaired) electrons. The van der Waals surface area contributed by atoms with Gasteiger partial charge in [-0.3, -0.25) is 9.59 Å². The summed E-state index contributed by atoms with van der Waals surface area (Å²) >= 11 is 0. The van der Waals surface area contributed by atoms with Crippen LogP contribution in [0.5, 0.6) is 0 Å². The van der Waals surface area contributed by atoms with Gasteiger partial charge >= 0.3 is 0 Å². The Balaban J connectivity index is 2.61. The number of aliphatic hydroxyl groups is 1. The van der Waals surface area contributed by atoms with Gasteiger partial charge in [0.2, 0.25) is 0 Å². The first-order valence-corrected chi connectivity index (χ1v) is 5.54. The van der Waals surface area contributed by atoms with Crippen molar-refractivity contribution >= 4 is 11.7 Å². The van der Waals surface area contributed by atoms with E-state index in [4.69, 9.17) is 5.11 Å².